The number of hydrogen-bond donors (Lipinski definition) is 3. The standard InChI is InChI=1S/C25H24N6O7S/c32-10-18-20(33)21(39-14-37-11-16-8-4-5-9-17(16)31(35)36)25(38-18)30-13-28-19-22(26-12-27-23(19)30)29-24(34)15-6-2-1-3-7-15/h1-9,12-13,18,20-21,25,32-33H,10-11,14H2,(H,26,27,29,34)/t18-,20+,21?,25-/m1/s1. The van der Waals surface area contributed by atoms with E-state index in [9.17, 15) is 25.1 Å². The van der Waals surface area contributed by atoms with Gasteiger partial charge in [0.2, 0.25) is 0 Å². The SMILES string of the molecule is O=C(Nc1ncnc2c1ncn2[C@@H]1O[C@H](CO)[C@H](O)C1SCOCc1ccccc1[N+](=O)[O-])c1ccccc1. The Morgan fingerprint density at radius 2 is 1.92 bits per heavy atom. The van der Waals surface area contributed by atoms with Crippen LogP contribution in [-0.2, 0) is 16.1 Å². The van der Waals surface area contributed by atoms with Crippen molar-refractivity contribution in [1.82, 2.24) is 19.5 Å². The van der Waals surface area contributed by atoms with Gasteiger partial charge in [-0.2, -0.15) is 0 Å². The lowest BCUT2D eigenvalue weighted by Gasteiger charge is -2.21. The molecular formula is C25H24N6O7S. The van der Waals surface area contributed by atoms with Crippen molar-refractivity contribution in [2.75, 3.05) is 17.9 Å². The first-order valence-corrected chi connectivity index (χ1v) is 12.9. The van der Waals surface area contributed by atoms with Crippen molar-refractivity contribution in [2.24, 2.45) is 0 Å². The highest BCUT2D eigenvalue weighted by Gasteiger charge is 2.45. The van der Waals surface area contributed by atoms with Gasteiger partial charge in [-0.1, -0.05) is 30.3 Å². The van der Waals surface area contributed by atoms with Crippen molar-refractivity contribution in [3.63, 3.8) is 0 Å². The number of rotatable bonds is 10. The Kier molecular flexibility index (Phi) is 8.09. The van der Waals surface area contributed by atoms with Crippen LogP contribution in [0.15, 0.2) is 67.3 Å². The summed E-state index contributed by atoms with van der Waals surface area (Å²) in [6.45, 7) is -0.403. The Labute approximate surface area is 226 Å². The van der Waals surface area contributed by atoms with Crippen LogP contribution in [0.4, 0.5) is 11.5 Å². The molecule has 202 valence electrons. The molecule has 0 saturated carbocycles. The third kappa shape index (κ3) is 5.60. The molecule has 2 aromatic carbocycles. The van der Waals surface area contributed by atoms with Crippen molar-refractivity contribution in [3.05, 3.63) is 88.5 Å². The van der Waals surface area contributed by atoms with Crippen LogP contribution in [0, 0.1) is 10.1 Å². The first kappa shape index (κ1) is 26.6. The van der Waals surface area contributed by atoms with Gasteiger partial charge in [-0.05, 0) is 18.2 Å². The van der Waals surface area contributed by atoms with Crippen LogP contribution < -0.4 is 5.32 Å². The third-order valence-electron chi connectivity index (χ3n) is 6.18. The first-order chi connectivity index (χ1) is 19.0. The molecule has 13 nitrogen and oxygen atoms in total. The first-order valence-electron chi connectivity index (χ1n) is 11.9. The Hall–Kier alpha value is -3.95. The van der Waals surface area contributed by atoms with E-state index in [0.29, 0.717) is 22.3 Å². The molecule has 1 aliphatic rings. The van der Waals surface area contributed by atoms with Crippen molar-refractivity contribution in [1.29, 1.82) is 0 Å². The molecule has 0 radical (unpaired) electrons. The topological polar surface area (TPSA) is 175 Å². The van der Waals surface area contributed by atoms with Gasteiger partial charge in [0.05, 0.1) is 47.3 Å². The second kappa shape index (κ2) is 11.8. The van der Waals surface area contributed by atoms with Gasteiger partial charge in [-0.3, -0.25) is 19.5 Å². The number of imidazole rings is 1. The molecule has 2 aromatic heterocycles. The number of fused-ring (bicyclic) bond motifs is 1. The Morgan fingerprint density at radius 3 is 2.69 bits per heavy atom. The van der Waals surface area contributed by atoms with Gasteiger partial charge in [0.1, 0.15) is 12.4 Å². The molecule has 1 amide bonds. The maximum Gasteiger partial charge on any atom is 0.274 e. The number of anilines is 1. The average molecular weight is 553 g/mol. The zero-order chi connectivity index (χ0) is 27.4. The molecule has 1 fully saturated rings. The lowest BCUT2D eigenvalue weighted by atomic mass is 10.2. The highest BCUT2D eigenvalue weighted by Crippen LogP contribution is 2.39. The Morgan fingerprint density at radius 1 is 1.15 bits per heavy atom. The van der Waals surface area contributed by atoms with E-state index in [-0.39, 0.29) is 30.0 Å². The molecule has 3 N–H and O–H groups in total. The fourth-order valence-corrected chi connectivity index (χ4v) is 5.33. The van der Waals surface area contributed by atoms with Crippen molar-refractivity contribution < 1.29 is 29.4 Å². The number of aromatic nitrogens is 4. The van der Waals surface area contributed by atoms with E-state index in [1.807, 2.05) is 6.07 Å². The fraction of sp³-hybridized carbons (Fsp3) is 0.280. The predicted molar refractivity (Wildman–Crippen MR) is 141 cm³/mol. The van der Waals surface area contributed by atoms with E-state index >= 15 is 0 Å². The number of hydrogen-bond acceptors (Lipinski definition) is 11. The molecule has 0 spiro atoms. The smallest absolute Gasteiger partial charge is 0.274 e. The summed E-state index contributed by atoms with van der Waals surface area (Å²) >= 11 is 1.23. The van der Waals surface area contributed by atoms with Crippen molar-refractivity contribution in [2.45, 2.75) is 30.3 Å². The van der Waals surface area contributed by atoms with Gasteiger partial charge in [-0.25, -0.2) is 15.0 Å². The summed E-state index contributed by atoms with van der Waals surface area (Å²) in [7, 11) is 0. The molecule has 1 aliphatic heterocycles. The molecule has 0 aliphatic carbocycles. The van der Waals surface area contributed by atoms with E-state index in [2.05, 4.69) is 20.3 Å². The lowest BCUT2D eigenvalue weighted by molar-refractivity contribution is -0.385. The number of carbonyl (C=O) groups is 1. The van der Waals surface area contributed by atoms with E-state index in [1.165, 1.54) is 30.5 Å². The number of para-hydroxylation sites is 1. The van der Waals surface area contributed by atoms with Crippen molar-refractivity contribution in [3.8, 4) is 0 Å². The number of nitro benzene ring substituents is 1. The van der Waals surface area contributed by atoms with Gasteiger partial charge in [0.15, 0.2) is 23.2 Å². The molecule has 5 rings (SSSR count). The van der Waals surface area contributed by atoms with Gasteiger partial charge in [0, 0.05) is 11.6 Å². The highest BCUT2D eigenvalue weighted by atomic mass is 32.2. The fourth-order valence-electron chi connectivity index (χ4n) is 4.26. The number of nitrogens with zero attached hydrogens (tertiary/aromatic N) is 5. The second-order valence-electron chi connectivity index (χ2n) is 8.59. The zero-order valence-electron chi connectivity index (χ0n) is 20.4. The summed E-state index contributed by atoms with van der Waals surface area (Å²) in [6.07, 6.45) is 0.0645. The number of aliphatic hydroxyl groups excluding tert-OH is 2. The second-order valence-corrected chi connectivity index (χ2v) is 9.70. The predicted octanol–water partition coefficient (Wildman–Crippen LogP) is 2.51. The number of carbonyl (C=O) groups excluding carboxylic acids is 1. The average Bonchev–Trinajstić information content (AvgIpc) is 3.52. The van der Waals surface area contributed by atoms with Gasteiger partial charge < -0.3 is 25.0 Å². The number of thioether (sulfide) groups is 1. The highest BCUT2D eigenvalue weighted by molar-refractivity contribution is 7.99. The minimum Gasteiger partial charge on any atom is -0.394 e. The minimum absolute atomic E-state index is 0.00756. The van der Waals surface area contributed by atoms with Crippen molar-refractivity contribution >= 4 is 40.3 Å². The van der Waals surface area contributed by atoms with Crippen LogP contribution >= 0.6 is 11.8 Å². The molecule has 4 atom stereocenters. The number of benzene rings is 2. The largest absolute Gasteiger partial charge is 0.394 e. The van der Waals surface area contributed by atoms with Crippen LogP contribution in [-0.4, -0.2) is 70.6 Å². The monoisotopic (exact) mass is 552 g/mol. The van der Waals surface area contributed by atoms with Gasteiger partial charge in [0.25, 0.3) is 11.6 Å². The van der Waals surface area contributed by atoms with Crippen LogP contribution in [0.3, 0.4) is 0 Å². The molecule has 39 heavy (non-hydrogen) atoms. The molecule has 3 heterocycles. The number of nitro groups is 1. The summed E-state index contributed by atoms with van der Waals surface area (Å²) in [4.78, 5) is 36.3. The maximum absolute atomic E-state index is 12.7. The van der Waals surface area contributed by atoms with Gasteiger partial charge in [-0.15, -0.1) is 11.8 Å². The molecule has 4 aromatic rings. The lowest BCUT2D eigenvalue weighted by Crippen LogP contribution is -2.31. The Balaban J connectivity index is 1.32. The normalized spacial score (nSPS) is 20.8. The zero-order valence-corrected chi connectivity index (χ0v) is 21.2. The molecule has 1 saturated heterocycles. The molecule has 14 heteroatoms. The number of amides is 1. The van der Waals surface area contributed by atoms with E-state index < -0.39 is 35.2 Å². The Bertz CT molecular complexity index is 1470. The quantitative estimate of drug-likeness (QED) is 0.114. The van der Waals surface area contributed by atoms with Crippen LogP contribution in [0.5, 0.6) is 0 Å². The molecule has 1 unspecified atom stereocenters. The minimum atomic E-state index is -1.05. The van der Waals surface area contributed by atoms with E-state index in [1.54, 1.807) is 47.0 Å². The number of ether oxygens (including phenoxy) is 2. The number of aliphatic hydroxyl groups is 2. The summed E-state index contributed by atoms with van der Waals surface area (Å²) in [6, 6.07) is 15.0. The van der Waals surface area contributed by atoms with E-state index in [4.69, 9.17) is 9.47 Å². The molecule has 0 bridgehead atoms. The maximum atomic E-state index is 12.7. The summed E-state index contributed by atoms with van der Waals surface area (Å²) in [5, 5.41) is 34.0. The van der Waals surface area contributed by atoms with Crippen LogP contribution in [0.1, 0.15) is 22.1 Å². The van der Waals surface area contributed by atoms with Crippen LogP contribution in [0.25, 0.3) is 11.2 Å². The number of nitrogens with one attached hydrogen (secondary N) is 1. The van der Waals surface area contributed by atoms with Crippen LogP contribution in [0.2, 0.25) is 0 Å². The summed E-state index contributed by atoms with van der Waals surface area (Å²) < 4.78 is 13.2. The molecular weight excluding hydrogens is 528 g/mol. The van der Waals surface area contributed by atoms with E-state index in [0.717, 1.165) is 0 Å². The van der Waals surface area contributed by atoms with Gasteiger partial charge >= 0.3 is 0 Å². The summed E-state index contributed by atoms with van der Waals surface area (Å²) in [5.74, 6) is -0.0599. The summed E-state index contributed by atoms with van der Waals surface area (Å²) in [5.41, 5.74) is 1.52. The third-order valence-corrected chi connectivity index (χ3v) is 7.38.